The lowest BCUT2D eigenvalue weighted by molar-refractivity contribution is 0.213. The van der Waals surface area contributed by atoms with E-state index in [0.29, 0.717) is 19.1 Å². The highest BCUT2D eigenvalue weighted by molar-refractivity contribution is 5.56. The van der Waals surface area contributed by atoms with Gasteiger partial charge in [-0.3, -0.25) is 14.7 Å². The number of rotatable bonds is 6. The molecule has 0 saturated carbocycles. The molecule has 3 aromatic rings. The Hall–Kier alpha value is -3.13. The Bertz CT molecular complexity index is 991. The lowest BCUT2D eigenvalue weighted by atomic mass is 10.2. The van der Waals surface area contributed by atoms with Crippen molar-refractivity contribution in [2.24, 2.45) is 0 Å². The molecule has 4 heterocycles. The molecule has 1 atom stereocenters. The summed E-state index contributed by atoms with van der Waals surface area (Å²) in [5.41, 5.74) is 2.53. The van der Waals surface area contributed by atoms with E-state index < -0.39 is 0 Å². The van der Waals surface area contributed by atoms with Crippen LogP contribution in [0, 0.1) is 0 Å². The minimum Gasteiger partial charge on any atom is -0.467 e. The smallest absolute Gasteiger partial charge is 0.316 e. The Labute approximate surface area is 162 Å². The molecule has 0 aromatic carbocycles. The molecule has 0 N–H and O–H groups in total. The fourth-order valence-electron chi connectivity index (χ4n) is 3.54. The van der Waals surface area contributed by atoms with Gasteiger partial charge in [-0.15, -0.1) is 0 Å². The van der Waals surface area contributed by atoms with Crippen LogP contribution in [0.25, 0.3) is 11.3 Å². The number of aromatic nitrogens is 5. The molecule has 144 valence electrons. The zero-order valence-electron chi connectivity index (χ0n) is 15.7. The van der Waals surface area contributed by atoms with Crippen LogP contribution in [-0.4, -0.2) is 49.3 Å². The van der Waals surface area contributed by atoms with Gasteiger partial charge in [0.05, 0.1) is 25.0 Å². The second-order valence-electron chi connectivity index (χ2n) is 6.78. The first-order valence-corrected chi connectivity index (χ1v) is 9.31. The van der Waals surface area contributed by atoms with Crippen LogP contribution in [0.3, 0.4) is 0 Å². The van der Waals surface area contributed by atoms with Crippen LogP contribution in [-0.2, 0) is 13.1 Å². The van der Waals surface area contributed by atoms with E-state index in [1.807, 2.05) is 18.2 Å². The molecule has 28 heavy (non-hydrogen) atoms. The summed E-state index contributed by atoms with van der Waals surface area (Å²) in [7, 11) is 1.56. The first kappa shape index (κ1) is 18.2. The van der Waals surface area contributed by atoms with Crippen LogP contribution in [0.15, 0.2) is 53.7 Å². The van der Waals surface area contributed by atoms with Crippen molar-refractivity contribution in [3.63, 3.8) is 0 Å². The van der Waals surface area contributed by atoms with Crippen LogP contribution in [0.1, 0.15) is 18.5 Å². The van der Waals surface area contributed by atoms with E-state index in [1.165, 1.54) is 0 Å². The van der Waals surface area contributed by atoms with Gasteiger partial charge in [-0.25, -0.2) is 9.67 Å². The zero-order chi connectivity index (χ0) is 19.3. The third-order valence-corrected chi connectivity index (χ3v) is 4.96. The van der Waals surface area contributed by atoms with E-state index in [2.05, 4.69) is 25.0 Å². The lowest BCUT2D eigenvalue weighted by Crippen LogP contribution is -2.36. The van der Waals surface area contributed by atoms with Crippen LogP contribution in [0.4, 0.5) is 0 Å². The fourth-order valence-corrected chi connectivity index (χ4v) is 3.54. The summed E-state index contributed by atoms with van der Waals surface area (Å²) < 4.78 is 6.68. The van der Waals surface area contributed by atoms with E-state index in [9.17, 15) is 4.79 Å². The van der Waals surface area contributed by atoms with Gasteiger partial charge in [-0.2, -0.15) is 10.1 Å². The summed E-state index contributed by atoms with van der Waals surface area (Å²) in [6, 6.07) is 9.62. The molecule has 1 saturated heterocycles. The standard InChI is InChI=1S/C20H22N6O2/c1-28-20-22-11-8-16(23-20)13-25-12-2-3-17(25)14-26-19(27)5-4-18(24-26)15-6-9-21-10-7-15/h4-11,17H,2-3,12-14H2,1H3. The van der Waals surface area contributed by atoms with Gasteiger partial charge in [-0.05, 0) is 43.7 Å². The first-order valence-electron chi connectivity index (χ1n) is 9.31. The molecular formula is C20H22N6O2. The van der Waals surface area contributed by atoms with Gasteiger partial charge in [0.2, 0.25) is 0 Å². The van der Waals surface area contributed by atoms with Crippen molar-refractivity contribution in [2.45, 2.75) is 32.0 Å². The molecule has 0 amide bonds. The van der Waals surface area contributed by atoms with Gasteiger partial charge in [0.15, 0.2) is 0 Å². The molecule has 0 radical (unpaired) electrons. The van der Waals surface area contributed by atoms with Gasteiger partial charge < -0.3 is 4.74 Å². The molecule has 1 aliphatic heterocycles. The molecular weight excluding hydrogens is 356 g/mol. The van der Waals surface area contributed by atoms with Crippen LogP contribution in [0.2, 0.25) is 0 Å². The number of ether oxygens (including phenoxy) is 1. The Morgan fingerprint density at radius 3 is 2.82 bits per heavy atom. The minimum absolute atomic E-state index is 0.0895. The molecule has 0 aliphatic carbocycles. The van der Waals surface area contributed by atoms with E-state index in [-0.39, 0.29) is 11.6 Å². The molecule has 1 fully saturated rings. The van der Waals surface area contributed by atoms with E-state index in [0.717, 1.165) is 36.3 Å². The molecule has 8 nitrogen and oxygen atoms in total. The van der Waals surface area contributed by atoms with Crippen molar-refractivity contribution < 1.29 is 4.74 Å². The number of pyridine rings is 1. The van der Waals surface area contributed by atoms with Crippen molar-refractivity contribution >= 4 is 0 Å². The van der Waals surface area contributed by atoms with E-state index in [1.54, 1.807) is 42.5 Å². The first-order chi connectivity index (χ1) is 13.7. The van der Waals surface area contributed by atoms with Crippen LogP contribution < -0.4 is 10.3 Å². The Morgan fingerprint density at radius 1 is 1.14 bits per heavy atom. The molecule has 1 unspecified atom stereocenters. The van der Waals surface area contributed by atoms with Gasteiger partial charge >= 0.3 is 6.01 Å². The highest BCUT2D eigenvalue weighted by Gasteiger charge is 2.26. The summed E-state index contributed by atoms with van der Waals surface area (Å²) in [5.74, 6) is 0. The molecule has 8 heteroatoms. The van der Waals surface area contributed by atoms with Crippen molar-refractivity contribution in [3.05, 3.63) is 65.0 Å². The summed E-state index contributed by atoms with van der Waals surface area (Å²) >= 11 is 0. The summed E-state index contributed by atoms with van der Waals surface area (Å²) in [6.45, 7) is 2.22. The Morgan fingerprint density at radius 2 is 2.00 bits per heavy atom. The Kier molecular flexibility index (Phi) is 5.38. The third-order valence-electron chi connectivity index (χ3n) is 4.96. The highest BCUT2D eigenvalue weighted by atomic mass is 16.5. The average Bonchev–Trinajstić information content (AvgIpc) is 3.17. The summed E-state index contributed by atoms with van der Waals surface area (Å²) in [4.78, 5) is 27.2. The van der Waals surface area contributed by atoms with Crippen molar-refractivity contribution in [1.82, 2.24) is 29.6 Å². The number of likely N-dealkylation sites (tertiary alicyclic amines) is 1. The lowest BCUT2D eigenvalue weighted by Gasteiger charge is -2.24. The second kappa shape index (κ2) is 8.26. The Balaban J connectivity index is 1.52. The maximum absolute atomic E-state index is 12.4. The molecule has 1 aliphatic rings. The average molecular weight is 378 g/mol. The SMILES string of the molecule is COc1nccc(CN2CCCC2Cn2nc(-c3ccncc3)ccc2=O)n1. The predicted octanol–water partition coefficient (Wildman–Crippen LogP) is 1.77. The number of hydrogen-bond donors (Lipinski definition) is 0. The fraction of sp³-hybridized carbons (Fsp3) is 0.350. The molecule has 0 bridgehead atoms. The van der Waals surface area contributed by atoms with Gasteiger partial charge in [0.1, 0.15) is 0 Å². The van der Waals surface area contributed by atoms with Crippen molar-refractivity contribution in [3.8, 4) is 17.3 Å². The largest absolute Gasteiger partial charge is 0.467 e. The number of methoxy groups -OCH3 is 1. The van der Waals surface area contributed by atoms with Gasteiger partial charge in [0.25, 0.3) is 5.56 Å². The molecule has 4 rings (SSSR count). The number of hydrogen-bond acceptors (Lipinski definition) is 7. The van der Waals surface area contributed by atoms with E-state index >= 15 is 0 Å². The van der Waals surface area contributed by atoms with Crippen LogP contribution in [0.5, 0.6) is 6.01 Å². The maximum atomic E-state index is 12.4. The normalized spacial score (nSPS) is 17.0. The minimum atomic E-state index is -0.0895. The quantitative estimate of drug-likeness (QED) is 0.646. The van der Waals surface area contributed by atoms with Crippen molar-refractivity contribution in [2.75, 3.05) is 13.7 Å². The monoisotopic (exact) mass is 378 g/mol. The maximum Gasteiger partial charge on any atom is 0.316 e. The summed E-state index contributed by atoms with van der Waals surface area (Å²) in [5, 5.41) is 4.58. The van der Waals surface area contributed by atoms with Gasteiger partial charge in [0, 0.05) is 42.8 Å². The second-order valence-corrected chi connectivity index (χ2v) is 6.78. The molecule has 0 spiro atoms. The topological polar surface area (TPSA) is 86.0 Å². The van der Waals surface area contributed by atoms with Crippen LogP contribution >= 0.6 is 0 Å². The molecule has 3 aromatic heterocycles. The van der Waals surface area contributed by atoms with E-state index in [4.69, 9.17) is 4.74 Å². The highest BCUT2D eigenvalue weighted by Crippen LogP contribution is 2.21. The van der Waals surface area contributed by atoms with Crippen molar-refractivity contribution in [1.29, 1.82) is 0 Å². The third kappa shape index (κ3) is 4.07. The summed E-state index contributed by atoms with van der Waals surface area (Å²) in [6.07, 6.45) is 7.26. The zero-order valence-corrected chi connectivity index (χ0v) is 15.7. The predicted molar refractivity (Wildman–Crippen MR) is 104 cm³/mol. The van der Waals surface area contributed by atoms with Gasteiger partial charge in [-0.1, -0.05) is 0 Å². The number of nitrogens with zero attached hydrogens (tertiary/aromatic N) is 6.